The highest BCUT2D eigenvalue weighted by Gasteiger charge is 2.31. The number of rotatable bonds is 7. The number of benzene rings is 1. The Hall–Kier alpha value is -2.06. The van der Waals surface area contributed by atoms with Gasteiger partial charge in [-0.05, 0) is 36.5 Å². The van der Waals surface area contributed by atoms with Gasteiger partial charge in [0, 0.05) is 13.6 Å². The summed E-state index contributed by atoms with van der Waals surface area (Å²) in [6.07, 6.45) is 2.02. The van der Waals surface area contributed by atoms with Crippen LogP contribution < -0.4 is 4.74 Å². The fourth-order valence-electron chi connectivity index (χ4n) is 2.14. The first-order chi connectivity index (χ1) is 10.1. The molecule has 21 heavy (non-hydrogen) atoms. The largest absolute Gasteiger partial charge is 0.479 e. The second-order valence-corrected chi connectivity index (χ2v) is 5.45. The zero-order valence-corrected chi connectivity index (χ0v) is 12.2. The minimum Gasteiger partial charge on any atom is -0.479 e. The Morgan fingerprint density at radius 1 is 1.48 bits per heavy atom. The van der Waals surface area contributed by atoms with Gasteiger partial charge in [0.2, 0.25) is 5.91 Å². The molecule has 0 aliphatic heterocycles. The Bertz CT molecular complexity index is 517. The first-order valence-corrected chi connectivity index (χ1v) is 7.11. The van der Waals surface area contributed by atoms with Crippen molar-refractivity contribution in [3.63, 3.8) is 0 Å². The van der Waals surface area contributed by atoms with Gasteiger partial charge in [-0.25, -0.2) is 0 Å². The first kappa shape index (κ1) is 15.3. The van der Waals surface area contributed by atoms with E-state index in [1.165, 1.54) is 0 Å². The molecule has 1 fully saturated rings. The van der Waals surface area contributed by atoms with Crippen LogP contribution in [0.2, 0.25) is 0 Å². The van der Waals surface area contributed by atoms with Gasteiger partial charge in [0.15, 0.2) is 6.61 Å². The van der Waals surface area contributed by atoms with Crippen molar-refractivity contribution in [1.82, 2.24) is 4.90 Å². The Balaban J connectivity index is 1.82. The van der Waals surface area contributed by atoms with Gasteiger partial charge in [-0.15, -0.1) is 0 Å². The minimum atomic E-state index is -0.402. The van der Waals surface area contributed by atoms with Crippen LogP contribution >= 0.6 is 0 Å². The predicted octanol–water partition coefficient (Wildman–Crippen LogP) is 1.36. The highest BCUT2D eigenvalue weighted by Crippen LogP contribution is 2.32. The number of aliphatic hydroxyl groups excluding tert-OH is 1. The molecule has 5 nitrogen and oxygen atoms in total. The van der Waals surface area contributed by atoms with Crippen LogP contribution in [-0.2, 0) is 11.2 Å². The van der Waals surface area contributed by atoms with Crippen molar-refractivity contribution in [3.8, 4) is 11.8 Å². The van der Waals surface area contributed by atoms with Crippen LogP contribution in [0.1, 0.15) is 18.4 Å². The zero-order valence-electron chi connectivity index (χ0n) is 12.2. The number of carbonyl (C=O) groups excluding carboxylic acids is 1. The number of likely N-dealkylation sites (N-methyl/N-ethyl adjacent to an activating group) is 1. The molecular weight excluding hydrogens is 268 g/mol. The third kappa shape index (κ3) is 4.76. The molecule has 1 N–H and O–H groups in total. The third-order valence-electron chi connectivity index (χ3n) is 3.63. The summed E-state index contributed by atoms with van der Waals surface area (Å²) in [7, 11) is 1.72. The van der Waals surface area contributed by atoms with E-state index in [2.05, 4.69) is 0 Å². The van der Waals surface area contributed by atoms with Crippen molar-refractivity contribution >= 4 is 5.91 Å². The average molecular weight is 288 g/mol. The van der Waals surface area contributed by atoms with Crippen molar-refractivity contribution in [1.29, 1.82) is 5.26 Å². The van der Waals surface area contributed by atoms with E-state index in [1.54, 1.807) is 24.1 Å². The number of hydrogen-bond acceptors (Lipinski definition) is 4. The van der Waals surface area contributed by atoms with Crippen molar-refractivity contribution in [3.05, 3.63) is 29.8 Å². The molecule has 0 radical (unpaired) electrons. The van der Waals surface area contributed by atoms with Crippen molar-refractivity contribution in [2.75, 3.05) is 20.2 Å². The van der Waals surface area contributed by atoms with Gasteiger partial charge >= 0.3 is 0 Å². The molecule has 1 saturated carbocycles. The predicted molar refractivity (Wildman–Crippen MR) is 77.6 cm³/mol. The molecule has 2 rings (SSSR count). The van der Waals surface area contributed by atoms with Gasteiger partial charge in [-0.2, -0.15) is 5.26 Å². The number of aliphatic hydroxyl groups is 1. The van der Waals surface area contributed by atoms with Crippen molar-refractivity contribution in [2.24, 2.45) is 5.92 Å². The number of nitriles is 1. The summed E-state index contributed by atoms with van der Waals surface area (Å²) in [6.45, 7) is 0.410. The van der Waals surface area contributed by atoms with Crippen LogP contribution in [-0.4, -0.2) is 42.2 Å². The van der Waals surface area contributed by atoms with Crippen molar-refractivity contribution < 1.29 is 14.6 Å². The molecular formula is C16H20N2O3. The van der Waals surface area contributed by atoms with E-state index < -0.39 is 6.10 Å². The monoisotopic (exact) mass is 288 g/mol. The molecule has 1 aliphatic rings. The van der Waals surface area contributed by atoms with Crippen LogP contribution in [0.4, 0.5) is 0 Å². The summed E-state index contributed by atoms with van der Waals surface area (Å²) in [5.41, 5.74) is 0.886. The Labute approximate surface area is 124 Å². The van der Waals surface area contributed by atoms with Crippen LogP contribution in [0.3, 0.4) is 0 Å². The van der Waals surface area contributed by atoms with Crippen molar-refractivity contribution in [2.45, 2.75) is 25.4 Å². The van der Waals surface area contributed by atoms with Gasteiger partial charge in [-0.3, -0.25) is 4.79 Å². The molecule has 1 atom stereocenters. The summed E-state index contributed by atoms with van der Waals surface area (Å²) in [5, 5.41) is 18.3. The molecule has 0 heterocycles. The molecule has 1 aliphatic carbocycles. The maximum Gasteiger partial charge on any atom is 0.226 e. The summed E-state index contributed by atoms with van der Waals surface area (Å²) in [6, 6.07) is 9.03. The topological polar surface area (TPSA) is 73.6 Å². The molecule has 0 saturated heterocycles. The lowest BCUT2D eigenvalue weighted by molar-refractivity contribution is -0.130. The smallest absolute Gasteiger partial charge is 0.226 e. The lowest BCUT2D eigenvalue weighted by atomic mass is 10.1. The first-order valence-electron chi connectivity index (χ1n) is 7.11. The molecule has 0 spiro atoms. The molecule has 0 aromatic heterocycles. The molecule has 1 unspecified atom stereocenters. The average Bonchev–Trinajstić information content (AvgIpc) is 3.31. The molecule has 1 aromatic rings. The minimum absolute atomic E-state index is 0.0135. The third-order valence-corrected chi connectivity index (χ3v) is 3.63. The second-order valence-electron chi connectivity index (χ2n) is 5.45. The molecule has 1 amide bonds. The quantitative estimate of drug-likeness (QED) is 0.822. The van der Waals surface area contributed by atoms with E-state index in [0.29, 0.717) is 24.6 Å². The van der Waals surface area contributed by atoms with Gasteiger partial charge < -0.3 is 14.7 Å². The lowest BCUT2D eigenvalue weighted by Gasteiger charge is -2.20. The Kier molecular flexibility index (Phi) is 5.18. The number of ether oxygens (including phenoxy) is 1. The SMILES string of the molecule is CN(CC(O)C1CC1)C(=O)Cc1ccc(OCC#N)cc1. The second kappa shape index (κ2) is 7.09. The lowest BCUT2D eigenvalue weighted by Crippen LogP contribution is -2.36. The molecule has 112 valence electrons. The number of carbonyl (C=O) groups is 1. The van der Waals surface area contributed by atoms with E-state index in [4.69, 9.17) is 10.00 Å². The van der Waals surface area contributed by atoms with E-state index in [9.17, 15) is 9.90 Å². The van der Waals surface area contributed by atoms with Gasteiger partial charge in [0.1, 0.15) is 11.8 Å². The maximum absolute atomic E-state index is 12.1. The summed E-state index contributed by atoms with van der Waals surface area (Å²) in [4.78, 5) is 13.7. The van der Waals surface area contributed by atoms with E-state index >= 15 is 0 Å². The maximum atomic E-state index is 12.1. The van der Waals surface area contributed by atoms with Gasteiger partial charge in [-0.1, -0.05) is 12.1 Å². The normalized spacial score (nSPS) is 15.1. The van der Waals surface area contributed by atoms with Crippen LogP contribution in [0, 0.1) is 17.2 Å². The summed E-state index contributed by atoms with van der Waals surface area (Å²) >= 11 is 0. The van der Waals surface area contributed by atoms with Gasteiger partial charge in [0.05, 0.1) is 12.5 Å². The number of hydrogen-bond donors (Lipinski definition) is 1. The zero-order chi connectivity index (χ0) is 15.2. The highest BCUT2D eigenvalue weighted by molar-refractivity contribution is 5.78. The summed E-state index contributed by atoms with van der Waals surface area (Å²) in [5.74, 6) is 0.975. The standard InChI is InChI=1S/C16H20N2O3/c1-18(11-15(19)13-4-5-13)16(20)10-12-2-6-14(7-3-12)21-9-8-17/h2-3,6-7,13,15,19H,4-5,9-11H2,1H3. The molecule has 0 bridgehead atoms. The number of nitrogens with zero attached hydrogens (tertiary/aromatic N) is 2. The van der Waals surface area contributed by atoms with Crippen LogP contribution in [0.25, 0.3) is 0 Å². The highest BCUT2D eigenvalue weighted by atomic mass is 16.5. The Morgan fingerprint density at radius 3 is 2.71 bits per heavy atom. The van der Waals surface area contributed by atoms with Crippen LogP contribution in [0.15, 0.2) is 24.3 Å². The fraction of sp³-hybridized carbons (Fsp3) is 0.500. The number of amides is 1. The molecule has 1 aromatic carbocycles. The summed E-state index contributed by atoms with van der Waals surface area (Å²) < 4.78 is 5.16. The fourth-order valence-corrected chi connectivity index (χ4v) is 2.14. The Morgan fingerprint density at radius 2 is 2.14 bits per heavy atom. The van der Waals surface area contributed by atoms with E-state index in [-0.39, 0.29) is 12.5 Å². The molecule has 5 heteroatoms. The van der Waals surface area contributed by atoms with Gasteiger partial charge in [0.25, 0.3) is 0 Å². The van der Waals surface area contributed by atoms with E-state index in [0.717, 1.165) is 18.4 Å². The van der Waals surface area contributed by atoms with Crippen LogP contribution in [0.5, 0.6) is 5.75 Å². The van der Waals surface area contributed by atoms with E-state index in [1.807, 2.05) is 18.2 Å².